The molecule has 0 saturated carbocycles. The fraction of sp³-hybridized carbons (Fsp3) is 0.900. The summed E-state index contributed by atoms with van der Waals surface area (Å²) >= 11 is 0. The molecule has 0 aliphatic heterocycles. The van der Waals surface area contributed by atoms with Gasteiger partial charge in [-0.25, -0.2) is 0 Å². The minimum Gasteiger partial charge on any atom is -0.370 e. The quantitative estimate of drug-likeness (QED) is 0.587. The largest absolute Gasteiger partial charge is 0.370 e. The first-order chi connectivity index (χ1) is 6.76. The number of amides is 1. The van der Waals surface area contributed by atoms with Gasteiger partial charge in [0.2, 0.25) is 5.91 Å². The van der Waals surface area contributed by atoms with Gasteiger partial charge in [0, 0.05) is 19.6 Å². The van der Waals surface area contributed by atoms with Crippen molar-refractivity contribution in [1.29, 1.82) is 0 Å². The molecule has 0 unspecified atom stereocenters. The van der Waals surface area contributed by atoms with Crippen LogP contribution in [0.15, 0.2) is 0 Å². The van der Waals surface area contributed by atoms with Gasteiger partial charge < -0.3 is 15.4 Å². The van der Waals surface area contributed by atoms with Crippen LogP contribution in [-0.4, -0.2) is 43.7 Å². The summed E-state index contributed by atoms with van der Waals surface area (Å²) in [6.07, 6.45) is 1.98. The minimum absolute atomic E-state index is 0.0714. The van der Waals surface area contributed by atoms with Gasteiger partial charge in [-0.15, -0.1) is 0 Å². The highest BCUT2D eigenvalue weighted by Crippen LogP contribution is 1.95. The number of ether oxygens (including phenoxy) is 1. The molecule has 0 atom stereocenters. The Bertz CT molecular complexity index is 145. The summed E-state index contributed by atoms with van der Waals surface area (Å²) in [6.45, 7) is 6.86. The average Bonchev–Trinajstić information content (AvgIpc) is 2.18. The number of hydrogen-bond donors (Lipinski definition) is 1. The molecule has 0 aromatic rings. The molecule has 4 heteroatoms. The highest BCUT2D eigenvalue weighted by atomic mass is 16.5. The summed E-state index contributed by atoms with van der Waals surface area (Å²) in [6, 6.07) is 0. The van der Waals surface area contributed by atoms with E-state index in [0.29, 0.717) is 13.2 Å². The van der Waals surface area contributed by atoms with E-state index in [1.54, 1.807) is 0 Å². The Labute approximate surface area is 86.4 Å². The van der Waals surface area contributed by atoms with Crippen molar-refractivity contribution in [2.75, 3.05) is 32.8 Å². The van der Waals surface area contributed by atoms with Gasteiger partial charge in [-0.1, -0.05) is 13.8 Å². The molecule has 0 aliphatic carbocycles. The van der Waals surface area contributed by atoms with Crippen molar-refractivity contribution in [3.8, 4) is 0 Å². The van der Waals surface area contributed by atoms with Gasteiger partial charge in [-0.3, -0.25) is 4.79 Å². The van der Waals surface area contributed by atoms with Crippen molar-refractivity contribution in [1.82, 2.24) is 4.90 Å². The minimum atomic E-state index is 0.0714. The molecule has 1 amide bonds. The molecular formula is C10H22N2O2. The average molecular weight is 202 g/mol. The molecule has 0 saturated heterocycles. The third kappa shape index (κ3) is 5.94. The first kappa shape index (κ1) is 13.4. The van der Waals surface area contributed by atoms with Gasteiger partial charge in [0.05, 0.1) is 6.61 Å². The topological polar surface area (TPSA) is 55.6 Å². The van der Waals surface area contributed by atoms with Crippen LogP contribution in [0.25, 0.3) is 0 Å². The van der Waals surface area contributed by atoms with E-state index in [0.717, 1.165) is 25.9 Å². The van der Waals surface area contributed by atoms with Gasteiger partial charge in [0.1, 0.15) is 6.61 Å². The zero-order valence-electron chi connectivity index (χ0n) is 9.29. The first-order valence-corrected chi connectivity index (χ1v) is 5.31. The highest BCUT2D eigenvalue weighted by molar-refractivity contribution is 5.77. The zero-order valence-corrected chi connectivity index (χ0v) is 9.29. The lowest BCUT2D eigenvalue weighted by atomic mass is 10.3. The van der Waals surface area contributed by atoms with E-state index in [9.17, 15) is 4.79 Å². The van der Waals surface area contributed by atoms with E-state index in [1.165, 1.54) is 0 Å². The second-order valence-corrected chi connectivity index (χ2v) is 3.22. The Kier molecular flexibility index (Phi) is 8.57. The molecule has 14 heavy (non-hydrogen) atoms. The third-order valence-corrected chi connectivity index (χ3v) is 1.83. The molecular weight excluding hydrogens is 180 g/mol. The van der Waals surface area contributed by atoms with Crippen molar-refractivity contribution in [3.63, 3.8) is 0 Å². The number of hydrogen-bond acceptors (Lipinski definition) is 3. The van der Waals surface area contributed by atoms with E-state index in [-0.39, 0.29) is 12.5 Å². The molecule has 0 aliphatic rings. The molecule has 0 aromatic carbocycles. The highest BCUT2D eigenvalue weighted by Gasteiger charge is 2.10. The molecule has 0 fully saturated rings. The lowest BCUT2D eigenvalue weighted by Crippen LogP contribution is -2.35. The molecule has 0 heterocycles. The van der Waals surface area contributed by atoms with Crippen molar-refractivity contribution >= 4 is 5.91 Å². The van der Waals surface area contributed by atoms with Crippen LogP contribution >= 0.6 is 0 Å². The summed E-state index contributed by atoms with van der Waals surface area (Å²) < 4.78 is 5.10. The predicted octanol–water partition coefficient (Wildman–Crippen LogP) is 0.610. The van der Waals surface area contributed by atoms with Gasteiger partial charge in [0.15, 0.2) is 0 Å². The van der Waals surface area contributed by atoms with E-state index in [1.807, 2.05) is 4.90 Å². The predicted molar refractivity (Wildman–Crippen MR) is 57.0 cm³/mol. The standard InChI is InChI=1S/C10H22N2O2/c1-3-6-12(7-4-2)10(13)9-14-8-5-11/h3-9,11H2,1-2H3. The normalized spacial score (nSPS) is 10.2. The molecule has 0 rings (SSSR count). The van der Waals surface area contributed by atoms with Crippen molar-refractivity contribution < 1.29 is 9.53 Å². The van der Waals surface area contributed by atoms with Crippen LogP contribution in [0.1, 0.15) is 26.7 Å². The summed E-state index contributed by atoms with van der Waals surface area (Å²) in [7, 11) is 0. The maximum absolute atomic E-state index is 11.6. The molecule has 84 valence electrons. The Morgan fingerprint density at radius 1 is 1.29 bits per heavy atom. The second kappa shape index (κ2) is 8.97. The summed E-state index contributed by atoms with van der Waals surface area (Å²) in [4.78, 5) is 13.4. The number of carbonyl (C=O) groups excluding carboxylic acids is 1. The van der Waals surface area contributed by atoms with Crippen LogP contribution in [-0.2, 0) is 9.53 Å². The van der Waals surface area contributed by atoms with Crippen LogP contribution in [0.5, 0.6) is 0 Å². The van der Waals surface area contributed by atoms with Crippen molar-refractivity contribution in [2.24, 2.45) is 5.73 Å². The fourth-order valence-electron chi connectivity index (χ4n) is 1.24. The van der Waals surface area contributed by atoms with Crippen LogP contribution in [0.3, 0.4) is 0 Å². The van der Waals surface area contributed by atoms with Gasteiger partial charge in [0.25, 0.3) is 0 Å². The zero-order chi connectivity index (χ0) is 10.8. The molecule has 0 aromatic heterocycles. The van der Waals surface area contributed by atoms with Crippen LogP contribution in [0, 0.1) is 0 Å². The van der Waals surface area contributed by atoms with Gasteiger partial charge in [-0.05, 0) is 12.8 Å². The second-order valence-electron chi connectivity index (χ2n) is 3.22. The fourth-order valence-corrected chi connectivity index (χ4v) is 1.24. The third-order valence-electron chi connectivity index (χ3n) is 1.83. The molecule has 2 N–H and O–H groups in total. The van der Waals surface area contributed by atoms with Crippen molar-refractivity contribution in [2.45, 2.75) is 26.7 Å². The first-order valence-electron chi connectivity index (χ1n) is 5.31. The lowest BCUT2D eigenvalue weighted by molar-refractivity contribution is -0.136. The van der Waals surface area contributed by atoms with E-state index >= 15 is 0 Å². The van der Waals surface area contributed by atoms with Gasteiger partial charge >= 0.3 is 0 Å². The van der Waals surface area contributed by atoms with Crippen LogP contribution < -0.4 is 5.73 Å². The summed E-state index contributed by atoms with van der Waals surface area (Å²) in [5.41, 5.74) is 5.26. The molecule has 0 bridgehead atoms. The Morgan fingerprint density at radius 2 is 1.86 bits per heavy atom. The number of carbonyl (C=O) groups is 1. The van der Waals surface area contributed by atoms with Crippen LogP contribution in [0.4, 0.5) is 0 Å². The molecule has 0 radical (unpaired) electrons. The van der Waals surface area contributed by atoms with Crippen LogP contribution in [0.2, 0.25) is 0 Å². The smallest absolute Gasteiger partial charge is 0.248 e. The maximum atomic E-state index is 11.6. The van der Waals surface area contributed by atoms with Crippen molar-refractivity contribution in [3.05, 3.63) is 0 Å². The SMILES string of the molecule is CCCN(CCC)C(=O)COCCN. The monoisotopic (exact) mass is 202 g/mol. The summed E-state index contributed by atoms with van der Waals surface area (Å²) in [5, 5.41) is 0. The van der Waals surface area contributed by atoms with E-state index < -0.39 is 0 Å². The lowest BCUT2D eigenvalue weighted by Gasteiger charge is -2.21. The Morgan fingerprint density at radius 3 is 2.29 bits per heavy atom. The van der Waals surface area contributed by atoms with Gasteiger partial charge in [-0.2, -0.15) is 0 Å². The van der Waals surface area contributed by atoms with E-state index in [4.69, 9.17) is 10.5 Å². The Balaban J connectivity index is 3.76. The number of rotatable bonds is 8. The number of nitrogens with two attached hydrogens (primary N) is 1. The molecule has 0 spiro atoms. The summed E-state index contributed by atoms with van der Waals surface area (Å²) in [5.74, 6) is 0.0714. The Hall–Kier alpha value is -0.610. The van der Waals surface area contributed by atoms with E-state index in [2.05, 4.69) is 13.8 Å². The maximum Gasteiger partial charge on any atom is 0.248 e. The molecule has 4 nitrogen and oxygen atoms in total. The number of nitrogens with zero attached hydrogens (tertiary/aromatic N) is 1.